The van der Waals surface area contributed by atoms with Gasteiger partial charge in [-0.05, 0) is 45.6 Å². The molecule has 1 aliphatic rings. The molecule has 0 radical (unpaired) electrons. The van der Waals surface area contributed by atoms with Gasteiger partial charge >= 0.3 is 18.2 Å². The van der Waals surface area contributed by atoms with Crippen molar-refractivity contribution in [3.05, 3.63) is 35.9 Å². The molecule has 2 N–H and O–H groups in total. The summed E-state index contributed by atoms with van der Waals surface area (Å²) in [6.07, 6.45) is 0.391. The van der Waals surface area contributed by atoms with E-state index in [1.807, 2.05) is 18.2 Å². The van der Waals surface area contributed by atoms with E-state index < -0.39 is 41.7 Å². The summed E-state index contributed by atoms with van der Waals surface area (Å²) in [6.45, 7) is 5.25. The minimum atomic E-state index is -1.16. The van der Waals surface area contributed by atoms with Crippen LogP contribution in [0.5, 0.6) is 0 Å². The molecule has 10 nitrogen and oxygen atoms in total. The molecule has 1 aromatic rings. The van der Waals surface area contributed by atoms with E-state index in [2.05, 4.69) is 10.6 Å². The minimum Gasteiger partial charge on any atom is -0.467 e. The number of ether oxygens (including phenoxy) is 3. The van der Waals surface area contributed by atoms with Gasteiger partial charge in [0, 0.05) is 6.54 Å². The molecular weight excluding hydrogens is 430 g/mol. The number of nitrogens with zero attached hydrogens (tertiary/aromatic N) is 1. The van der Waals surface area contributed by atoms with Gasteiger partial charge in [0.1, 0.15) is 24.3 Å². The second-order valence-electron chi connectivity index (χ2n) is 8.71. The molecule has 0 unspecified atom stereocenters. The lowest BCUT2D eigenvalue weighted by molar-refractivity contribution is -0.155. The van der Waals surface area contributed by atoms with Crippen LogP contribution in [0.3, 0.4) is 0 Å². The van der Waals surface area contributed by atoms with Gasteiger partial charge in [0.2, 0.25) is 5.91 Å². The van der Waals surface area contributed by atoms with Gasteiger partial charge in [-0.25, -0.2) is 14.4 Å². The van der Waals surface area contributed by atoms with Crippen LogP contribution in [-0.2, 0) is 30.4 Å². The zero-order chi connectivity index (χ0) is 24.4. The molecule has 0 saturated carbocycles. The highest BCUT2D eigenvalue weighted by Gasteiger charge is 2.37. The molecule has 0 bridgehead atoms. The Morgan fingerprint density at radius 3 is 2.42 bits per heavy atom. The average Bonchev–Trinajstić information content (AvgIpc) is 2.79. The van der Waals surface area contributed by atoms with Crippen molar-refractivity contribution in [3.63, 3.8) is 0 Å². The molecule has 2 rings (SSSR count). The van der Waals surface area contributed by atoms with Gasteiger partial charge in [-0.3, -0.25) is 4.79 Å². The number of benzene rings is 1. The lowest BCUT2D eigenvalue weighted by Gasteiger charge is -2.36. The van der Waals surface area contributed by atoms with E-state index in [-0.39, 0.29) is 13.2 Å². The van der Waals surface area contributed by atoms with Crippen molar-refractivity contribution in [1.29, 1.82) is 0 Å². The van der Waals surface area contributed by atoms with Gasteiger partial charge in [-0.15, -0.1) is 0 Å². The first-order chi connectivity index (χ1) is 15.6. The molecule has 0 aromatic heterocycles. The summed E-state index contributed by atoms with van der Waals surface area (Å²) in [7, 11) is 1.26. The van der Waals surface area contributed by atoms with Crippen LogP contribution in [0.15, 0.2) is 30.3 Å². The second kappa shape index (κ2) is 12.1. The van der Waals surface area contributed by atoms with E-state index in [1.54, 1.807) is 32.9 Å². The first-order valence-electron chi connectivity index (χ1n) is 10.9. The summed E-state index contributed by atoms with van der Waals surface area (Å²) in [5.41, 5.74) is 0.0540. The maximum absolute atomic E-state index is 13.3. The summed E-state index contributed by atoms with van der Waals surface area (Å²) in [4.78, 5) is 51.4. The molecule has 3 amide bonds. The first kappa shape index (κ1) is 26.0. The molecule has 2 atom stereocenters. The number of methoxy groups -OCH3 is 1. The Morgan fingerprint density at radius 1 is 1.09 bits per heavy atom. The fourth-order valence-electron chi connectivity index (χ4n) is 3.38. The Kier molecular flexibility index (Phi) is 9.50. The summed E-state index contributed by atoms with van der Waals surface area (Å²) in [5, 5.41) is 5.01. The van der Waals surface area contributed by atoms with Gasteiger partial charge in [-0.1, -0.05) is 30.3 Å². The van der Waals surface area contributed by atoms with E-state index >= 15 is 0 Å². The van der Waals surface area contributed by atoms with E-state index in [0.29, 0.717) is 19.4 Å². The van der Waals surface area contributed by atoms with Crippen molar-refractivity contribution in [1.82, 2.24) is 15.5 Å². The third-order valence-corrected chi connectivity index (χ3v) is 4.91. The van der Waals surface area contributed by atoms with Gasteiger partial charge in [0.05, 0.1) is 13.7 Å². The molecule has 1 aromatic carbocycles. The molecule has 10 heteroatoms. The number of hydrogen-bond donors (Lipinski definition) is 2. The number of esters is 1. The summed E-state index contributed by atoms with van der Waals surface area (Å²) in [6, 6.07) is 7.17. The van der Waals surface area contributed by atoms with Crippen LogP contribution in [0.25, 0.3) is 0 Å². The van der Waals surface area contributed by atoms with E-state index in [1.165, 1.54) is 12.0 Å². The van der Waals surface area contributed by atoms with Crippen LogP contribution in [0, 0.1) is 0 Å². The number of piperidine rings is 1. The molecule has 1 fully saturated rings. The average molecular weight is 464 g/mol. The largest absolute Gasteiger partial charge is 0.467 e. The zero-order valence-electron chi connectivity index (χ0n) is 19.6. The molecule has 33 heavy (non-hydrogen) atoms. The Labute approximate surface area is 193 Å². The Bertz CT molecular complexity index is 823. The number of rotatable bonds is 7. The third-order valence-electron chi connectivity index (χ3n) is 4.91. The number of carbonyl (C=O) groups is 4. The maximum Gasteiger partial charge on any atom is 0.408 e. The molecule has 182 valence electrons. The minimum absolute atomic E-state index is 0.0155. The van der Waals surface area contributed by atoms with Crippen molar-refractivity contribution >= 4 is 24.1 Å². The summed E-state index contributed by atoms with van der Waals surface area (Å²) >= 11 is 0. The fraction of sp³-hybridized carbons (Fsp3) is 0.565. The standard InChI is InChI=1S/C23H33N3O7/c1-23(2,3)33-21(29)24-14-17(25-22(30)32-15-16-10-6-5-7-11-16)19(27)26-13-9-8-12-18(26)20(28)31-4/h5-7,10-11,17-18H,8-9,12-15H2,1-4H3,(H,24,29)(H,25,30)/t17-,18+/m0/s1. The summed E-state index contributed by atoms with van der Waals surface area (Å²) in [5.74, 6) is -1.04. The van der Waals surface area contributed by atoms with Gasteiger partial charge in [0.15, 0.2) is 0 Å². The lowest BCUT2D eigenvalue weighted by atomic mass is 10.0. The predicted octanol–water partition coefficient (Wildman–Crippen LogP) is 2.36. The smallest absolute Gasteiger partial charge is 0.408 e. The van der Waals surface area contributed by atoms with Crippen LogP contribution >= 0.6 is 0 Å². The topological polar surface area (TPSA) is 123 Å². The van der Waals surface area contributed by atoms with Crippen LogP contribution < -0.4 is 10.6 Å². The quantitative estimate of drug-likeness (QED) is 0.470. The normalized spacial score (nSPS) is 16.8. The van der Waals surface area contributed by atoms with Gasteiger partial charge in [0.25, 0.3) is 0 Å². The predicted molar refractivity (Wildman–Crippen MR) is 119 cm³/mol. The molecule has 1 aliphatic heterocycles. The van der Waals surface area contributed by atoms with E-state index in [4.69, 9.17) is 14.2 Å². The Morgan fingerprint density at radius 2 is 1.79 bits per heavy atom. The van der Waals surface area contributed by atoms with Crippen molar-refractivity contribution in [3.8, 4) is 0 Å². The lowest BCUT2D eigenvalue weighted by Crippen LogP contribution is -2.58. The number of carbonyl (C=O) groups excluding carboxylic acids is 4. The summed E-state index contributed by atoms with van der Waals surface area (Å²) < 4.78 is 15.3. The van der Waals surface area contributed by atoms with Crippen molar-refractivity contribution < 1.29 is 33.4 Å². The van der Waals surface area contributed by atoms with Gasteiger partial charge < -0.3 is 29.7 Å². The first-order valence-corrected chi connectivity index (χ1v) is 10.9. The van der Waals surface area contributed by atoms with Gasteiger partial charge in [-0.2, -0.15) is 0 Å². The fourth-order valence-corrected chi connectivity index (χ4v) is 3.38. The van der Waals surface area contributed by atoms with Crippen molar-refractivity contribution in [2.75, 3.05) is 20.2 Å². The molecule has 1 heterocycles. The van der Waals surface area contributed by atoms with Crippen molar-refractivity contribution in [2.24, 2.45) is 0 Å². The number of likely N-dealkylation sites (tertiary alicyclic amines) is 1. The van der Waals surface area contributed by atoms with E-state index in [9.17, 15) is 19.2 Å². The van der Waals surface area contributed by atoms with Crippen LogP contribution in [-0.4, -0.2) is 66.8 Å². The molecule has 0 aliphatic carbocycles. The Hall–Kier alpha value is -3.30. The van der Waals surface area contributed by atoms with Crippen LogP contribution in [0.2, 0.25) is 0 Å². The van der Waals surface area contributed by atoms with Crippen LogP contribution in [0.1, 0.15) is 45.6 Å². The SMILES string of the molecule is COC(=O)[C@H]1CCCCN1C(=O)[C@H](CNC(=O)OC(C)(C)C)NC(=O)OCc1ccccc1. The third kappa shape index (κ3) is 8.63. The van der Waals surface area contributed by atoms with E-state index in [0.717, 1.165) is 12.0 Å². The maximum atomic E-state index is 13.3. The number of alkyl carbamates (subject to hydrolysis) is 2. The van der Waals surface area contributed by atoms with Crippen LogP contribution in [0.4, 0.5) is 9.59 Å². The highest BCUT2D eigenvalue weighted by molar-refractivity contribution is 5.90. The number of nitrogens with one attached hydrogen (secondary N) is 2. The monoisotopic (exact) mass is 463 g/mol. The number of hydrogen-bond acceptors (Lipinski definition) is 7. The Balaban J connectivity index is 2.09. The highest BCUT2D eigenvalue weighted by Crippen LogP contribution is 2.19. The second-order valence-corrected chi connectivity index (χ2v) is 8.71. The highest BCUT2D eigenvalue weighted by atomic mass is 16.6. The number of amides is 3. The van der Waals surface area contributed by atoms with Crippen molar-refractivity contribution in [2.45, 2.75) is 64.3 Å². The molecule has 1 saturated heterocycles. The molecular formula is C23H33N3O7. The molecule has 0 spiro atoms. The zero-order valence-corrected chi connectivity index (χ0v) is 19.6.